The third-order valence-electron chi connectivity index (χ3n) is 3.29. The summed E-state index contributed by atoms with van der Waals surface area (Å²) < 4.78 is 0. The molecule has 16 heavy (non-hydrogen) atoms. The summed E-state index contributed by atoms with van der Waals surface area (Å²) in [5.41, 5.74) is 0.438. The molecule has 96 valence electrons. The summed E-state index contributed by atoms with van der Waals surface area (Å²) in [4.78, 5) is 0. The van der Waals surface area contributed by atoms with Crippen LogP contribution < -0.4 is 10.6 Å². The molecule has 0 spiro atoms. The van der Waals surface area contributed by atoms with Gasteiger partial charge in [-0.05, 0) is 36.9 Å². The van der Waals surface area contributed by atoms with Gasteiger partial charge in [0.2, 0.25) is 0 Å². The molecule has 0 aromatic carbocycles. The standard InChI is InChI=1S/C13H28N2S/c1-9(12(3,4)5)14-11(16)15-10(2)13(6,7)8/h9-10H,1-8H3,(H2,14,15,16)/t9-,10+. The van der Waals surface area contributed by atoms with Crippen molar-refractivity contribution in [3.8, 4) is 0 Å². The van der Waals surface area contributed by atoms with Crippen LogP contribution in [-0.4, -0.2) is 17.2 Å². The van der Waals surface area contributed by atoms with Gasteiger partial charge in [-0.25, -0.2) is 0 Å². The van der Waals surface area contributed by atoms with E-state index in [-0.39, 0.29) is 10.8 Å². The van der Waals surface area contributed by atoms with Crippen LogP contribution in [0.3, 0.4) is 0 Å². The van der Waals surface area contributed by atoms with Crippen molar-refractivity contribution in [2.24, 2.45) is 10.8 Å². The zero-order valence-electron chi connectivity index (χ0n) is 12.1. The Morgan fingerprint density at radius 2 is 1.06 bits per heavy atom. The maximum Gasteiger partial charge on any atom is 0.166 e. The minimum Gasteiger partial charge on any atom is -0.360 e. The van der Waals surface area contributed by atoms with Crippen molar-refractivity contribution in [3.05, 3.63) is 0 Å². The molecule has 0 heterocycles. The van der Waals surface area contributed by atoms with E-state index in [1.165, 1.54) is 0 Å². The Balaban J connectivity index is 4.21. The molecule has 2 N–H and O–H groups in total. The van der Waals surface area contributed by atoms with Crippen LogP contribution in [0.15, 0.2) is 0 Å². The van der Waals surface area contributed by atoms with E-state index in [0.717, 1.165) is 5.11 Å². The molecule has 2 atom stereocenters. The lowest BCUT2D eigenvalue weighted by Gasteiger charge is -2.33. The summed E-state index contributed by atoms with van der Waals surface area (Å²) in [7, 11) is 0. The molecule has 0 saturated heterocycles. The first-order valence-electron chi connectivity index (χ1n) is 6.01. The molecule has 0 rings (SSSR count). The summed E-state index contributed by atoms with van der Waals surface area (Å²) >= 11 is 5.32. The monoisotopic (exact) mass is 244 g/mol. The second-order valence-electron chi connectivity index (χ2n) is 6.79. The Kier molecular flexibility index (Phi) is 5.24. The van der Waals surface area contributed by atoms with Crippen LogP contribution in [0.1, 0.15) is 55.4 Å². The summed E-state index contributed by atoms with van der Waals surface area (Å²) in [5.74, 6) is 0. The maximum absolute atomic E-state index is 5.32. The number of thiocarbonyl (C=S) groups is 1. The molecule has 0 bridgehead atoms. The highest BCUT2D eigenvalue weighted by Crippen LogP contribution is 2.20. The largest absolute Gasteiger partial charge is 0.360 e. The smallest absolute Gasteiger partial charge is 0.166 e. The fraction of sp³-hybridized carbons (Fsp3) is 0.923. The molecule has 0 aliphatic heterocycles. The van der Waals surface area contributed by atoms with Crippen LogP contribution in [-0.2, 0) is 0 Å². The molecule has 0 unspecified atom stereocenters. The van der Waals surface area contributed by atoms with Gasteiger partial charge in [0.25, 0.3) is 0 Å². The number of hydrogen-bond donors (Lipinski definition) is 2. The number of hydrogen-bond acceptors (Lipinski definition) is 1. The van der Waals surface area contributed by atoms with E-state index in [2.05, 4.69) is 66.0 Å². The third kappa shape index (κ3) is 5.69. The van der Waals surface area contributed by atoms with Crippen molar-refractivity contribution in [3.63, 3.8) is 0 Å². The van der Waals surface area contributed by atoms with Gasteiger partial charge in [-0.1, -0.05) is 41.5 Å². The van der Waals surface area contributed by atoms with E-state index in [1.54, 1.807) is 0 Å². The average Bonchev–Trinajstić information content (AvgIpc) is 1.99. The Hall–Kier alpha value is -0.310. The first-order valence-corrected chi connectivity index (χ1v) is 6.42. The lowest BCUT2D eigenvalue weighted by atomic mass is 9.87. The Labute approximate surface area is 107 Å². The molecule has 0 aromatic rings. The fourth-order valence-electron chi connectivity index (χ4n) is 0.868. The van der Waals surface area contributed by atoms with Crippen LogP contribution >= 0.6 is 12.2 Å². The van der Waals surface area contributed by atoms with E-state index < -0.39 is 0 Å². The Morgan fingerprint density at radius 1 is 0.812 bits per heavy atom. The highest BCUT2D eigenvalue weighted by Gasteiger charge is 2.23. The summed E-state index contributed by atoms with van der Waals surface area (Å²) in [6, 6.07) is 0.722. The highest BCUT2D eigenvalue weighted by atomic mass is 32.1. The molecule has 0 aliphatic rings. The maximum atomic E-state index is 5.32. The molecule has 0 radical (unpaired) electrons. The van der Waals surface area contributed by atoms with Gasteiger partial charge in [-0.2, -0.15) is 0 Å². The van der Waals surface area contributed by atoms with Crippen molar-refractivity contribution in [1.29, 1.82) is 0 Å². The van der Waals surface area contributed by atoms with Gasteiger partial charge < -0.3 is 10.6 Å². The molecule has 2 nitrogen and oxygen atoms in total. The van der Waals surface area contributed by atoms with Gasteiger partial charge in [0.1, 0.15) is 0 Å². The van der Waals surface area contributed by atoms with E-state index in [9.17, 15) is 0 Å². The van der Waals surface area contributed by atoms with Crippen molar-refractivity contribution in [2.75, 3.05) is 0 Å². The van der Waals surface area contributed by atoms with Crippen LogP contribution in [0.25, 0.3) is 0 Å². The second kappa shape index (κ2) is 5.35. The van der Waals surface area contributed by atoms with E-state index >= 15 is 0 Å². The molecular formula is C13H28N2S. The fourth-order valence-corrected chi connectivity index (χ4v) is 1.22. The molecule has 0 aliphatic carbocycles. The van der Waals surface area contributed by atoms with Crippen LogP contribution in [0.5, 0.6) is 0 Å². The van der Waals surface area contributed by atoms with Crippen LogP contribution in [0, 0.1) is 10.8 Å². The van der Waals surface area contributed by atoms with Gasteiger partial charge in [0.05, 0.1) is 0 Å². The predicted molar refractivity (Wildman–Crippen MR) is 76.7 cm³/mol. The molecule has 0 aromatic heterocycles. The predicted octanol–water partition coefficient (Wildman–Crippen LogP) is 3.32. The number of nitrogens with one attached hydrogen (secondary N) is 2. The molecule has 3 heteroatoms. The summed E-state index contributed by atoms with van der Waals surface area (Å²) in [6.45, 7) is 17.6. The van der Waals surface area contributed by atoms with Crippen molar-refractivity contribution < 1.29 is 0 Å². The van der Waals surface area contributed by atoms with Crippen LogP contribution in [0.4, 0.5) is 0 Å². The summed E-state index contributed by atoms with van der Waals surface area (Å²) in [6.07, 6.45) is 0. The van der Waals surface area contributed by atoms with Crippen molar-refractivity contribution in [1.82, 2.24) is 10.6 Å². The zero-order chi connectivity index (χ0) is 13.1. The Bertz CT molecular complexity index is 211. The lowest BCUT2D eigenvalue weighted by molar-refractivity contribution is 0.298. The normalized spacial score (nSPS) is 16.5. The first kappa shape index (κ1) is 15.7. The molecule has 0 amide bonds. The zero-order valence-corrected chi connectivity index (χ0v) is 12.9. The van der Waals surface area contributed by atoms with Gasteiger partial charge in [0, 0.05) is 12.1 Å². The van der Waals surface area contributed by atoms with E-state index in [0.29, 0.717) is 12.1 Å². The molecule has 0 saturated carbocycles. The highest BCUT2D eigenvalue weighted by molar-refractivity contribution is 7.80. The van der Waals surface area contributed by atoms with Gasteiger partial charge in [-0.15, -0.1) is 0 Å². The third-order valence-corrected chi connectivity index (χ3v) is 3.53. The van der Waals surface area contributed by atoms with Crippen LogP contribution in [0.2, 0.25) is 0 Å². The number of rotatable bonds is 2. The minimum absolute atomic E-state index is 0.219. The first-order chi connectivity index (χ1) is 6.94. The topological polar surface area (TPSA) is 24.1 Å². The quantitative estimate of drug-likeness (QED) is 0.729. The van der Waals surface area contributed by atoms with Crippen molar-refractivity contribution >= 4 is 17.3 Å². The Morgan fingerprint density at radius 3 is 1.25 bits per heavy atom. The van der Waals surface area contributed by atoms with Gasteiger partial charge >= 0.3 is 0 Å². The molecular weight excluding hydrogens is 216 g/mol. The van der Waals surface area contributed by atoms with Crippen molar-refractivity contribution in [2.45, 2.75) is 67.5 Å². The van der Waals surface area contributed by atoms with Gasteiger partial charge in [0.15, 0.2) is 5.11 Å². The second-order valence-corrected chi connectivity index (χ2v) is 7.20. The molecule has 0 fully saturated rings. The SMILES string of the molecule is C[C@H](NC(=S)N[C@H](C)C(C)(C)C)C(C)(C)C. The van der Waals surface area contributed by atoms with Gasteiger partial charge in [-0.3, -0.25) is 0 Å². The average molecular weight is 244 g/mol. The lowest BCUT2D eigenvalue weighted by Crippen LogP contribution is -2.51. The summed E-state index contributed by atoms with van der Waals surface area (Å²) in [5, 5.41) is 7.44. The minimum atomic E-state index is 0.219. The van der Waals surface area contributed by atoms with E-state index in [4.69, 9.17) is 12.2 Å². The van der Waals surface area contributed by atoms with E-state index in [1.807, 2.05) is 0 Å².